The fraction of sp³-hybridized carbons (Fsp3) is 0.200. The zero-order chi connectivity index (χ0) is 18.8. The minimum Gasteiger partial charge on any atom is -0.352 e. The molecule has 0 spiro atoms. The maximum atomic E-state index is 12.5. The number of carbonyl (C=O) groups excluding carboxylic acids is 1. The third-order valence-electron chi connectivity index (χ3n) is 4.43. The van der Waals surface area contributed by atoms with Gasteiger partial charge in [0, 0.05) is 30.3 Å². The summed E-state index contributed by atoms with van der Waals surface area (Å²) in [5.74, 6) is -0.157. The Labute approximate surface area is 156 Å². The van der Waals surface area contributed by atoms with Gasteiger partial charge in [-0.25, -0.2) is 14.2 Å². The number of carbonyl (C=O) groups is 1. The smallest absolute Gasteiger partial charge is 0.256 e. The Balaban J connectivity index is 1.40. The van der Waals surface area contributed by atoms with E-state index < -0.39 is 0 Å². The topological polar surface area (TPSA) is 77.1 Å². The summed E-state index contributed by atoms with van der Waals surface area (Å²) in [6.45, 7) is 4.40. The Bertz CT molecular complexity index is 1080. The van der Waals surface area contributed by atoms with Crippen molar-refractivity contribution in [1.82, 2.24) is 29.7 Å². The van der Waals surface area contributed by atoms with Gasteiger partial charge in [0.05, 0.1) is 11.9 Å². The van der Waals surface area contributed by atoms with Crippen molar-refractivity contribution in [2.75, 3.05) is 6.54 Å². The monoisotopic (exact) mass is 360 g/mol. The molecule has 3 heterocycles. The van der Waals surface area contributed by atoms with E-state index in [0.29, 0.717) is 17.8 Å². The summed E-state index contributed by atoms with van der Waals surface area (Å²) in [6, 6.07) is 12.0. The minimum atomic E-state index is -0.157. The van der Waals surface area contributed by atoms with Crippen LogP contribution in [0.25, 0.3) is 11.3 Å². The van der Waals surface area contributed by atoms with E-state index in [2.05, 4.69) is 20.5 Å². The molecule has 1 amide bonds. The van der Waals surface area contributed by atoms with Crippen LogP contribution in [0.5, 0.6) is 0 Å². The van der Waals surface area contributed by atoms with Crippen LogP contribution >= 0.6 is 0 Å². The van der Waals surface area contributed by atoms with Crippen LogP contribution in [0.2, 0.25) is 0 Å². The number of fused-ring (bicyclic) bond motifs is 1. The highest BCUT2D eigenvalue weighted by molar-refractivity contribution is 5.99. The number of hydrogen-bond donors (Lipinski definition) is 1. The predicted molar refractivity (Wildman–Crippen MR) is 102 cm³/mol. The molecule has 1 N–H and O–H groups in total. The third-order valence-corrected chi connectivity index (χ3v) is 4.43. The van der Waals surface area contributed by atoms with Gasteiger partial charge in [-0.3, -0.25) is 4.79 Å². The van der Waals surface area contributed by atoms with Crippen molar-refractivity contribution < 1.29 is 4.79 Å². The molecule has 0 saturated carbocycles. The van der Waals surface area contributed by atoms with Gasteiger partial charge in [-0.15, -0.1) is 0 Å². The number of nitrogens with one attached hydrogen (secondary N) is 1. The molecule has 4 rings (SSSR count). The summed E-state index contributed by atoms with van der Waals surface area (Å²) in [7, 11) is 0. The van der Waals surface area contributed by atoms with Crippen molar-refractivity contribution in [2.24, 2.45) is 0 Å². The van der Waals surface area contributed by atoms with Crippen molar-refractivity contribution in [3.63, 3.8) is 0 Å². The maximum absolute atomic E-state index is 12.5. The van der Waals surface area contributed by atoms with E-state index in [0.717, 1.165) is 29.1 Å². The van der Waals surface area contributed by atoms with Gasteiger partial charge < -0.3 is 5.32 Å². The van der Waals surface area contributed by atoms with E-state index in [1.54, 1.807) is 16.9 Å². The summed E-state index contributed by atoms with van der Waals surface area (Å²) in [5, 5.41) is 11.4. The van der Waals surface area contributed by atoms with Crippen molar-refractivity contribution in [3.05, 3.63) is 77.5 Å². The second kappa shape index (κ2) is 7.03. The Morgan fingerprint density at radius 1 is 1.15 bits per heavy atom. The van der Waals surface area contributed by atoms with Crippen LogP contribution in [-0.2, 0) is 6.42 Å². The highest BCUT2D eigenvalue weighted by Gasteiger charge is 2.15. The first kappa shape index (κ1) is 17.0. The first-order valence-corrected chi connectivity index (χ1v) is 8.81. The molecular formula is C20H20N6O. The van der Waals surface area contributed by atoms with Crippen molar-refractivity contribution >= 4 is 11.6 Å². The average Bonchev–Trinajstić information content (AvgIpc) is 3.32. The summed E-state index contributed by atoms with van der Waals surface area (Å²) in [4.78, 5) is 17.0. The molecule has 0 radical (unpaired) electrons. The maximum Gasteiger partial charge on any atom is 0.256 e. The Morgan fingerprint density at radius 2 is 1.96 bits per heavy atom. The first-order chi connectivity index (χ1) is 13.1. The molecule has 3 aromatic heterocycles. The highest BCUT2D eigenvalue weighted by atomic mass is 16.1. The molecule has 0 atom stereocenters. The highest BCUT2D eigenvalue weighted by Crippen LogP contribution is 2.12. The molecule has 0 unspecified atom stereocenters. The van der Waals surface area contributed by atoms with E-state index in [-0.39, 0.29) is 5.91 Å². The normalized spacial score (nSPS) is 11.0. The molecule has 7 heteroatoms. The van der Waals surface area contributed by atoms with Crippen LogP contribution < -0.4 is 5.32 Å². The molecule has 27 heavy (non-hydrogen) atoms. The molecule has 136 valence electrons. The Kier molecular flexibility index (Phi) is 4.42. The van der Waals surface area contributed by atoms with Gasteiger partial charge in [-0.2, -0.15) is 10.2 Å². The Hall–Kier alpha value is -3.48. The lowest BCUT2D eigenvalue weighted by atomic mass is 10.1. The van der Waals surface area contributed by atoms with E-state index in [1.807, 2.05) is 61.1 Å². The molecule has 1 aromatic carbocycles. The second-order valence-electron chi connectivity index (χ2n) is 6.46. The number of aryl methyl sites for hydroxylation is 2. The van der Waals surface area contributed by atoms with Crippen molar-refractivity contribution in [1.29, 1.82) is 0 Å². The quantitative estimate of drug-likeness (QED) is 0.593. The number of hydrogen-bond acceptors (Lipinski definition) is 4. The van der Waals surface area contributed by atoms with Crippen LogP contribution in [-0.4, -0.2) is 36.8 Å². The van der Waals surface area contributed by atoms with Crippen LogP contribution in [0.4, 0.5) is 0 Å². The van der Waals surface area contributed by atoms with Crippen LogP contribution in [0, 0.1) is 13.8 Å². The zero-order valence-corrected chi connectivity index (χ0v) is 15.3. The lowest BCUT2D eigenvalue weighted by Gasteiger charge is -2.06. The molecular weight excluding hydrogens is 340 g/mol. The summed E-state index contributed by atoms with van der Waals surface area (Å²) >= 11 is 0. The van der Waals surface area contributed by atoms with Crippen molar-refractivity contribution in [2.45, 2.75) is 20.3 Å². The average molecular weight is 360 g/mol. The summed E-state index contributed by atoms with van der Waals surface area (Å²) in [6.07, 6.45) is 5.98. The second-order valence-corrected chi connectivity index (χ2v) is 6.46. The fourth-order valence-corrected chi connectivity index (χ4v) is 3.08. The lowest BCUT2D eigenvalue weighted by Crippen LogP contribution is -2.25. The number of amides is 1. The van der Waals surface area contributed by atoms with Gasteiger partial charge in [0.25, 0.3) is 5.91 Å². The largest absolute Gasteiger partial charge is 0.352 e. The molecule has 0 aliphatic heterocycles. The van der Waals surface area contributed by atoms with E-state index in [4.69, 9.17) is 0 Å². The lowest BCUT2D eigenvalue weighted by molar-refractivity contribution is 0.0955. The number of benzene rings is 1. The van der Waals surface area contributed by atoms with Gasteiger partial charge in [0.2, 0.25) is 0 Å². The van der Waals surface area contributed by atoms with E-state index >= 15 is 0 Å². The minimum absolute atomic E-state index is 0.157. The van der Waals surface area contributed by atoms with E-state index in [9.17, 15) is 4.79 Å². The molecule has 7 nitrogen and oxygen atoms in total. The SMILES string of the molecule is Cc1cc(C)n2ncc(C(=O)NCCc3ccc(-n4cccn4)cc3)c2n1. The molecule has 4 aromatic rings. The van der Waals surface area contributed by atoms with Gasteiger partial charge in [-0.05, 0) is 50.1 Å². The molecule has 0 bridgehead atoms. The predicted octanol–water partition coefficient (Wildman–Crippen LogP) is 2.50. The molecule has 0 fully saturated rings. The Morgan fingerprint density at radius 3 is 2.70 bits per heavy atom. The molecule has 0 saturated heterocycles. The molecule has 0 aliphatic carbocycles. The number of rotatable bonds is 5. The fourth-order valence-electron chi connectivity index (χ4n) is 3.08. The van der Waals surface area contributed by atoms with Gasteiger partial charge in [0.15, 0.2) is 5.65 Å². The van der Waals surface area contributed by atoms with Crippen molar-refractivity contribution in [3.8, 4) is 5.69 Å². The molecule has 0 aliphatic rings. The van der Waals surface area contributed by atoms with Gasteiger partial charge >= 0.3 is 0 Å². The van der Waals surface area contributed by atoms with Crippen LogP contribution in [0.15, 0.2) is 55.0 Å². The van der Waals surface area contributed by atoms with E-state index in [1.165, 1.54) is 0 Å². The third kappa shape index (κ3) is 3.44. The van der Waals surface area contributed by atoms with Gasteiger partial charge in [0.1, 0.15) is 5.56 Å². The summed E-state index contributed by atoms with van der Waals surface area (Å²) in [5.41, 5.74) is 5.07. The first-order valence-electron chi connectivity index (χ1n) is 8.81. The zero-order valence-electron chi connectivity index (χ0n) is 15.3. The van der Waals surface area contributed by atoms with Crippen LogP contribution in [0.3, 0.4) is 0 Å². The van der Waals surface area contributed by atoms with Crippen LogP contribution in [0.1, 0.15) is 27.3 Å². The van der Waals surface area contributed by atoms with Gasteiger partial charge in [-0.1, -0.05) is 12.1 Å². The number of aromatic nitrogens is 5. The number of nitrogens with zero attached hydrogens (tertiary/aromatic N) is 5. The standard InChI is InChI=1S/C20H20N6O/c1-14-12-15(2)26-19(24-14)18(13-23-26)20(27)21-10-8-16-4-6-17(7-5-16)25-11-3-9-22-25/h3-7,9,11-13H,8,10H2,1-2H3,(H,21,27). The summed E-state index contributed by atoms with van der Waals surface area (Å²) < 4.78 is 3.50.